The maximum atomic E-state index is 12.8. The van der Waals surface area contributed by atoms with Gasteiger partial charge in [0.05, 0.1) is 11.4 Å². The molecule has 0 spiro atoms. The van der Waals surface area contributed by atoms with Crippen LogP contribution in [0.25, 0.3) is 0 Å². The van der Waals surface area contributed by atoms with Crippen molar-refractivity contribution in [3.63, 3.8) is 0 Å². The van der Waals surface area contributed by atoms with E-state index >= 15 is 0 Å². The molecule has 134 valence electrons. The molecule has 1 heterocycles. The van der Waals surface area contributed by atoms with Crippen LogP contribution in [0.1, 0.15) is 46.7 Å². The lowest BCUT2D eigenvalue weighted by Gasteiger charge is -2.17. The van der Waals surface area contributed by atoms with Crippen LogP contribution in [0.2, 0.25) is 0 Å². The van der Waals surface area contributed by atoms with Gasteiger partial charge in [0.25, 0.3) is 0 Å². The quantitative estimate of drug-likeness (QED) is 0.855. The molecule has 25 heavy (non-hydrogen) atoms. The van der Waals surface area contributed by atoms with E-state index in [0.29, 0.717) is 23.2 Å². The van der Waals surface area contributed by atoms with E-state index in [4.69, 9.17) is 10.2 Å². The Bertz CT molecular complexity index is 917. The summed E-state index contributed by atoms with van der Waals surface area (Å²) in [5.74, 6) is 1.94. The predicted molar refractivity (Wildman–Crippen MR) is 93.6 cm³/mol. The molecular formula is C18H22N2O4S. The Balaban J connectivity index is 1.80. The smallest absolute Gasteiger partial charge is 0.249 e. The molecule has 1 saturated carbocycles. The number of nitrogens with zero attached hydrogens (tertiary/aromatic N) is 1. The van der Waals surface area contributed by atoms with Gasteiger partial charge in [0.15, 0.2) is 0 Å². The van der Waals surface area contributed by atoms with Crippen molar-refractivity contribution in [1.82, 2.24) is 4.31 Å². The number of furan rings is 1. The Morgan fingerprint density at radius 2 is 2.00 bits per heavy atom. The molecule has 0 unspecified atom stereocenters. The second-order valence-electron chi connectivity index (χ2n) is 6.73. The molecule has 0 radical (unpaired) electrons. The van der Waals surface area contributed by atoms with Crippen LogP contribution >= 0.6 is 0 Å². The van der Waals surface area contributed by atoms with Crippen molar-refractivity contribution in [2.45, 2.75) is 37.6 Å². The van der Waals surface area contributed by atoms with Gasteiger partial charge >= 0.3 is 0 Å². The average molecular weight is 362 g/mol. The van der Waals surface area contributed by atoms with Gasteiger partial charge in [0, 0.05) is 18.5 Å². The summed E-state index contributed by atoms with van der Waals surface area (Å²) < 4.78 is 32.5. The lowest BCUT2D eigenvalue weighted by molar-refractivity contribution is 0.0999. The highest BCUT2D eigenvalue weighted by molar-refractivity contribution is 7.89. The summed E-state index contributed by atoms with van der Waals surface area (Å²) in [6.07, 6.45) is 1.11. The van der Waals surface area contributed by atoms with Gasteiger partial charge in [-0.1, -0.05) is 13.0 Å². The minimum absolute atomic E-state index is 0.0389. The molecule has 2 aromatic rings. The first-order valence-corrected chi connectivity index (χ1v) is 9.59. The van der Waals surface area contributed by atoms with Crippen molar-refractivity contribution in [3.05, 3.63) is 53.0 Å². The highest BCUT2D eigenvalue weighted by Gasteiger charge is 2.36. The normalized spacial score (nSPS) is 20.0. The number of carbonyl (C=O) groups is 1. The number of primary amides is 1. The molecule has 1 aromatic carbocycles. The number of carbonyl (C=O) groups excluding carboxylic acids is 1. The molecule has 1 fully saturated rings. The number of sulfonamides is 1. The van der Waals surface area contributed by atoms with Crippen LogP contribution in [0.4, 0.5) is 0 Å². The van der Waals surface area contributed by atoms with Crippen molar-refractivity contribution in [2.75, 3.05) is 7.05 Å². The maximum Gasteiger partial charge on any atom is 0.249 e. The van der Waals surface area contributed by atoms with Gasteiger partial charge in [-0.3, -0.25) is 4.79 Å². The van der Waals surface area contributed by atoms with Crippen molar-refractivity contribution >= 4 is 15.9 Å². The fourth-order valence-corrected chi connectivity index (χ4v) is 4.07. The van der Waals surface area contributed by atoms with E-state index in [2.05, 4.69) is 6.92 Å². The van der Waals surface area contributed by atoms with E-state index in [0.717, 1.165) is 12.2 Å². The monoisotopic (exact) mass is 362 g/mol. The number of amides is 1. The lowest BCUT2D eigenvalue weighted by Crippen LogP contribution is -2.27. The molecule has 0 aliphatic heterocycles. The number of aryl methyl sites for hydroxylation is 1. The second-order valence-corrected chi connectivity index (χ2v) is 8.77. The van der Waals surface area contributed by atoms with E-state index in [1.54, 1.807) is 13.0 Å². The molecule has 1 aromatic heterocycles. The SMILES string of the molecule is Cc1ccc(S(=O)(=O)N(C)Cc2ccc([C@@H]3C[C@@H]3C)o2)cc1C(N)=O. The zero-order chi connectivity index (χ0) is 18.4. The largest absolute Gasteiger partial charge is 0.464 e. The molecule has 1 aliphatic rings. The Morgan fingerprint density at radius 3 is 2.60 bits per heavy atom. The molecular weight excluding hydrogens is 340 g/mol. The van der Waals surface area contributed by atoms with Crippen molar-refractivity contribution in [1.29, 1.82) is 0 Å². The van der Waals surface area contributed by atoms with E-state index in [9.17, 15) is 13.2 Å². The van der Waals surface area contributed by atoms with E-state index < -0.39 is 15.9 Å². The molecule has 3 rings (SSSR count). The van der Waals surface area contributed by atoms with E-state index in [1.807, 2.05) is 12.1 Å². The molecule has 6 nitrogen and oxygen atoms in total. The van der Waals surface area contributed by atoms with E-state index in [-0.39, 0.29) is 17.0 Å². The van der Waals surface area contributed by atoms with Crippen LogP contribution in [-0.4, -0.2) is 25.7 Å². The molecule has 1 amide bonds. The van der Waals surface area contributed by atoms with Gasteiger partial charge < -0.3 is 10.2 Å². The first-order valence-electron chi connectivity index (χ1n) is 8.15. The van der Waals surface area contributed by atoms with Crippen molar-refractivity contribution < 1.29 is 17.6 Å². The number of hydrogen-bond acceptors (Lipinski definition) is 4. The second kappa shape index (κ2) is 6.31. The van der Waals surface area contributed by atoms with Crippen LogP contribution in [0.15, 0.2) is 39.6 Å². The standard InChI is InChI=1S/C18H22N2O4S/c1-11-4-6-14(9-16(11)18(19)21)25(22,23)20(3)10-13-5-7-17(24-13)15-8-12(15)2/h4-7,9,12,15H,8,10H2,1-3H3,(H2,19,21)/t12-,15+/m0/s1. The Kier molecular flexibility index (Phi) is 4.47. The van der Waals surface area contributed by atoms with Crippen LogP contribution in [0.5, 0.6) is 0 Å². The molecule has 0 bridgehead atoms. The van der Waals surface area contributed by atoms with Crippen molar-refractivity contribution in [2.24, 2.45) is 11.7 Å². The summed E-state index contributed by atoms with van der Waals surface area (Å²) in [6, 6.07) is 8.12. The van der Waals surface area contributed by atoms with Gasteiger partial charge in [-0.25, -0.2) is 8.42 Å². The number of hydrogen-bond donors (Lipinski definition) is 1. The molecule has 1 aliphatic carbocycles. The van der Waals surface area contributed by atoms with Crippen molar-refractivity contribution in [3.8, 4) is 0 Å². The van der Waals surface area contributed by atoms with Crippen LogP contribution in [0, 0.1) is 12.8 Å². The fraction of sp³-hybridized carbons (Fsp3) is 0.389. The summed E-state index contributed by atoms with van der Waals surface area (Å²) >= 11 is 0. The summed E-state index contributed by atoms with van der Waals surface area (Å²) in [4.78, 5) is 11.5. The zero-order valence-electron chi connectivity index (χ0n) is 14.5. The van der Waals surface area contributed by atoms with Gasteiger partial charge in [-0.05, 0) is 49.1 Å². The maximum absolute atomic E-state index is 12.8. The highest BCUT2D eigenvalue weighted by atomic mass is 32.2. The summed E-state index contributed by atoms with van der Waals surface area (Å²) in [5.41, 5.74) is 6.16. The molecule has 2 atom stereocenters. The first-order chi connectivity index (χ1) is 11.7. The number of benzene rings is 1. The third-order valence-corrected chi connectivity index (χ3v) is 6.52. The van der Waals surface area contributed by atoms with Gasteiger partial charge in [-0.15, -0.1) is 0 Å². The number of nitrogens with two attached hydrogens (primary N) is 1. The Labute approximate surface area is 147 Å². The zero-order valence-corrected chi connectivity index (χ0v) is 15.3. The minimum Gasteiger partial charge on any atom is -0.464 e. The fourth-order valence-electron chi connectivity index (χ4n) is 2.91. The summed E-state index contributed by atoms with van der Waals surface area (Å²) in [6.45, 7) is 4.00. The van der Waals surface area contributed by atoms with Gasteiger partial charge in [0.1, 0.15) is 11.5 Å². The Morgan fingerprint density at radius 1 is 1.32 bits per heavy atom. The van der Waals surface area contributed by atoms with Gasteiger partial charge in [0.2, 0.25) is 15.9 Å². The summed E-state index contributed by atoms with van der Waals surface area (Å²) in [7, 11) is -2.26. The lowest BCUT2D eigenvalue weighted by atomic mass is 10.1. The first kappa shape index (κ1) is 17.7. The molecule has 2 N–H and O–H groups in total. The van der Waals surface area contributed by atoms with Crippen LogP contribution < -0.4 is 5.73 Å². The predicted octanol–water partition coefficient (Wildman–Crippen LogP) is 2.63. The highest BCUT2D eigenvalue weighted by Crippen LogP contribution is 2.47. The third kappa shape index (κ3) is 3.48. The van der Waals surface area contributed by atoms with E-state index in [1.165, 1.54) is 23.5 Å². The minimum atomic E-state index is -3.75. The third-order valence-electron chi connectivity index (χ3n) is 4.72. The van der Waals surface area contributed by atoms with Crippen LogP contribution in [0.3, 0.4) is 0 Å². The molecule has 7 heteroatoms. The Hall–Kier alpha value is -2.12. The summed E-state index contributed by atoms with van der Waals surface area (Å²) in [5, 5.41) is 0. The van der Waals surface area contributed by atoms with Gasteiger partial charge in [-0.2, -0.15) is 4.31 Å². The number of rotatable bonds is 6. The topological polar surface area (TPSA) is 93.6 Å². The average Bonchev–Trinajstić information content (AvgIpc) is 3.09. The van der Waals surface area contributed by atoms with Crippen LogP contribution in [-0.2, 0) is 16.6 Å². The molecule has 0 saturated heterocycles.